The van der Waals surface area contributed by atoms with Crippen molar-refractivity contribution in [2.45, 2.75) is 6.54 Å². The number of amides is 1. The van der Waals surface area contributed by atoms with Gasteiger partial charge in [0.15, 0.2) is 11.5 Å². The molecule has 0 aliphatic carbocycles. The third kappa shape index (κ3) is 3.87. The van der Waals surface area contributed by atoms with E-state index in [1.165, 1.54) is 6.20 Å². The fourth-order valence-corrected chi connectivity index (χ4v) is 2.75. The number of hydrogen-bond acceptors (Lipinski definition) is 5. The van der Waals surface area contributed by atoms with Crippen molar-refractivity contribution in [1.82, 2.24) is 14.9 Å². The van der Waals surface area contributed by atoms with Crippen LogP contribution in [-0.2, 0) is 6.54 Å². The molecule has 1 heterocycles. The molecule has 0 fully saturated rings. The standard InChI is InChI=1S/C20H21N3O4/c1-25-17-10-19(27-3)18(26-2)9-14(17)11-22-20(24)16-12-21-13-23(16)15-7-5-4-6-8-15/h4-10,12-13H,11H2,1-3H3,(H,22,24). The first-order chi connectivity index (χ1) is 13.2. The molecule has 7 nitrogen and oxygen atoms in total. The topological polar surface area (TPSA) is 74.6 Å². The highest BCUT2D eigenvalue weighted by Crippen LogP contribution is 2.34. The van der Waals surface area contributed by atoms with Gasteiger partial charge in [0.25, 0.3) is 5.91 Å². The average molecular weight is 367 g/mol. The zero-order valence-electron chi connectivity index (χ0n) is 15.4. The largest absolute Gasteiger partial charge is 0.496 e. The van der Waals surface area contributed by atoms with Gasteiger partial charge in [-0.25, -0.2) is 4.98 Å². The van der Waals surface area contributed by atoms with Gasteiger partial charge in [0.1, 0.15) is 11.4 Å². The summed E-state index contributed by atoms with van der Waals surface area (Å²) in [6, 6.07) is 13.1. The van der Waals surface area contributed by atoms with Crippen molar-refractivity contribution < 1.29 is 19.0 Å². The number of carbonyl (C=O) groups is 1. The van der Waals surface area contributed by atoms with Crippen LogP contribution in [0.15, 0.2) is 55.0 Å². The van der Waals surface area contributed by atoms with Crippen LogP contribution in [0.25, 0.3) is 5.69 Å². The summed E-state index contributed by atoms with van der Waals surface area (Å²) < 4.78 is 17.7. The van der Waals surface area contributed by atoms with Gasteiger partial charge in [-0.15, -0.1) is 0 Å². The minimum atomic E-state index is -0.242. The summed E-state index contributed by atoms with van der Waals surface area (Å²) >= 11 is 0. The minimum Gasteiger partial charge on any atom is -0.496 e. The molecule has 1 N–H and O–H groups in total. The summed E-state index contributed by atoms with van der Waals surface area (Å²) in [6.07, 6.45) is 3.15. The van der Waals surface area contributed by atoms with Crippen molar-refractivity contribution in [3.05, 3.63) is 66.2 Å². The predicted molar refractivity (Wildman–Crippen MR) is 101 cm³/mol. The van der Waals surface area contributed by atoms with E-state index in [1.807, 2.05) is 30.3 Å². The van der Waals surface area contributed by atoms with Crippen LogP contribution >= 0.6 is 0 Å². The van der Waals surface area contributed by atoms with E-state index in [-0.39, 0.29) is 12.5 Å². The molecular weight excluding hydrogens is 346 g/mol. The first-order valence-corrected chi connectivity index (χ1v) is 8.32. The van der Waals surface area contributed by atoms with Crippen LogP contribution in [0.3, 0.4) is 0 Å². The zero-order chi connectivity index (χ0) is 19.2. The van der Waals surface area contributed by atoms with Crippen molar-refractivity contribution in [2.75, 3.05) is 21.3 Å². The Morgan fingerprint density at radius 3 is 2.33 bits per heavy atom. The summed E-state index contributed by atoms with van der Waals surface area (Å²) in [6.45, 7) is 0.266. The first kappa shape index (κ1) is 18.3. The zero-order valence-corrected chi connectivity index (χ0v) is 15.4. The molecule has 3 aromatic rings. The summed E-state index contributed by atoms with van der Waals surface area (Å²) in [5.41, 5.74) is 2.08. The summed E-state index contributed by atoms with van der Waals surface area (Å²) in [7, 11) is 4.69. The molecule has 0 bridgehead atoms. The Balaban J connectivity index is 1.80. The van der Waals surface area contributed by atoms with Gasteiger partial charge in [0, 0.05) is 23.9 Å². The van der Waals surface area contributed by atoms with Crippen LogP contribution in [0, 0.1) is 0 Å². The smallest absolute Gasteiger partial charge is 0.270 e. The fraction of sp³-hybridized carbons (Fsp3) is 0.200. The molecule has 140 valence electrons. The van der Waals surface area contributed by atoms with Crippen molar-refractivity contribution in [1.29, 1.82) is 0 Å². The number of para-hydroxylation sites is 1. The maximum absolute atomic E-state index is 12.7. The molecule has 0 aliphatic rings. The highest BCUT2D eigenvalue weighted by atomic mass is 16.5. The van der Waals surface area contributed by atoms with E-state index in [9.17, 15) is 4.79 Å². The second-order valence-corrected chi connectivity index (χ2v) is 5.69. The SMILES string of the molecule is COc1cc(OC)c(OC)cc1CNC(=O)c1cncn1-c1ccccc1. The van der Waals surface area contributed by atoms with Gasteiger partial charge in [0.2, 0.25) is 0 Å². The summed E-state index contributed by atoms with van der Waals surface area (Å²) in [5, 5.41) is 2.90. The lowest BCUT2D eigenvalue weighted by atomic mass is 10.1. The van der Waals surface area contributed by atoms with Crippen LogP contribution in [0.1, 0.15) is 16.1 Å². The van der Waals surface area contributed by atoms with Gasteiger partial charge in [-0.05, 0) is 18.2 Å². The maximum Gasteiger partial charge on any atom is 0.270 e. The minimum absolute atomic E-state index is 0.242. The van der Waals surface area contributed by atoms with Crippen molar-refractivity contribution >= 4 is 5.91 Å². The van der Waals surface area contributed by atoms with Gasteiger partial charge in [-0.1, -0.05) is 18.2 Å². The van der Waals surface area contributed by atoms with Crippen LogP contribution in [0.2, 0.25) is 0 Å². The van der Waals surface area contributed by atoms with Crippen LogP contribution in [0.4, 0.5) is 0 Å². The number of nitrogens with one attached hydrogen (secondary N) is 1. The van der Waals surface area contributed by atoms with Crippen LogP contribution < -0.4 is 19.5 Å². The lowest BCUT2D eigenvalue weighted by Gasteiger charge is -2.15. The quantitative estimate of drug-likeness (QED) is 0.695. The van der Waals surface area contributed by atoms with E-state index >= 15 is 0 Å². The fourth-order valence-electron chi connectivity index (χ4n) is 2.75. The number of nitrogens with zero attached hydrogens (tertiary/aromatic N) is 2. The molecule has 0 aliphatic heterocycles. The molecule has 0 spiro atoms. The van der Waals surface area contributed by atoms with Gasteiger partial charge < -0.3 is 19.5 Å². The number of carbonyl (C=O) groups excluding carboxylic acids is 1. The third-order valence-electron chi connectivity index (χ3n) is 4.13. The number of benzene rings is 2. The molecule has 2 aromatic carbocycles. The third-order valence-corrected chi connectivity index (χ3v) is 4.13. The highest BCUT2D eigenvalue weighted by Gasteiger charge is 2.16. The van der Waals surface area contributed by atoms with E-state index in [1.54, 1.807) is 44.4 Å². The first-order valence-electron chi connectivity index (χ1n) is 8.32. The lowest BCUT2D eigenvalue weighted by Crippen LogP contribution is -2.25. The van der Waals surface area contributed by atoms with E-state index < -0.39 is 0 Å². The Kier molecular flexibility index (Phi) is 5.61. The van der Waals surface area contributed by atoms with Crippen LogP contribution in [-0.4, -0.2) is 36.8 Å². The number of aromatic nitrogens is 2. The molecule has 27 heavy (non-hydrogen) atoms. The number of imidazole rings is 1. The number of ether oxygens (including phenoxy) is 3. The maximum atomic E-state index is 12.7. The van der Waals surface area contributed by atoms with Crippen molar-refractivity contribution in [2.24, 2.45) is 0 Å². The molecule has 1 aromatic heterocycles. The Labute approximate surface area is 157 Å². The monoisotopic (exact) mass is 367 g/mol. The Morgan fingerprint density at radius 2 is 1.67 bits per heavy atom. The van der Waals surface area contributed by atoms with E-state index in [2.05, 4.69) is 10.3 Å². The van der Waals surface area contributed by atoms with Crippen molar-refractivity contribution in [3.63, 3.8) is 0 Å². The van der Waals surface area contributed by atoms with E-state index in [0.717, 1.165) is 11.3 Å². The van der Waals surface area contributed by atoms with Gasteiger partial charge in [-0.3, -0.25) is 9.36 Å². The second-order valence-electron chi connectivity index (χ2n) is 5.69. The summed E-state index contributed by atoms with van der Waals surface area (Å²) in [4.78, 5) is 16.8. The number of rotatable bonds is 7. The lowest BCUT2D eigenvalue weighted by molar-refractivity contribution is 0.0944. The summed E-state index contributed by atoms with van der Waals surface area (Å²) in [5.74, 6) is 1.49. The predicted octanol–water partition coefficient (Wildman–Crippen LogP) is 2.83. The molecule has 0 saturated carbocycles. The molecule has 0 saturated heterocycles. The molecule has 3 rings (SSSR count). The van der Waals surface area contributed by atoms with Gasteiger partial charge in [-0.2, -0.15) is 0 Å². The Hall–Kier alpha value is -3.48. The second kappa shape index (κ2) is 8.27. The molecule has 0 radical (unpaired) electrons. The molecule has 0 atom stereocenters. The average Bonchev–Trinajstić information content (AvgIpc) is 3.22. The molecular formula is C20H21N3O4. The van der Waals surface area contributed by atoms with Gasteiger partial charge >= 0.3 is 0 Å². The Bertz CT molecular complexity index is 922. The molecule has 7 heteroatoms. The molecule has 0 unspecified atom stereocenters. The van der Waals surface area contributed by atoms with Crippen LogP contribution in [0.5, 0.6) is 17.2 Å². The Morgan fingerprint density at radius 1 is 1.00 bits per heavy atom. The normalized spacial score (nSPS) is 10.3. The highest BCUT2D eigenvalue weighted by molar-refractivity contribution is 5.93. The number of hydrogen-bond donors (Lipinski definition) is 1. The van der Waals surface area contributed by atoms with Crippen molar-refractivity contribution in [3.8, 4) is 22.9 Å². The van der Waals surface area contributed by atoms with Gasteiger partial charge in [0.05, 0.1) is 33.9 Å². The van der Waals surface area contributed by atoms with E-state index in [4.69, 9.17) is 14.2 Å². The number of methoxy groups -OCH3 is 3. The molecule has 1 amide bonds. The van der Waals surface area contributed by atoms with E-state index in [0.29, 0.717) is 22.9 Å².